The maximum absolute atomic E-state index is 10.6. The van der Waals surface area contributed by atoms with Crippen molar-refractivity contribution in [3.8, 4) is 0 Å². The van der Waals surface area contributed by atoms with Gasteiger partial charge in [-0.05, 0) is 23.9 Å². The average Bonchev–Trinajstić information content (AvgIpc) is 2.34. The molecule has 0 spiro atoms. The largest absolute Gasteiger partial charge is 0.382 e. The molecule has 0 aliphatic heterocycles. The van der Waals surface area contributed by atoms with Gasteiger partial charge in [0.05, 0.1) is 0 Å². The first-order chi connectivity index (χ1) is 4.74. The van der Waals surface area contributed by atoms with Crippen molar-refractivity contribution in [2.24, 2.45) is 0 Å². The van der Waals surface area contributed by atoms with Gasteiger partial charge in [0.2, 0.25) is 0 Å². The summed E-state index contributed by atoms with van der Waals surface area (Å²) < 4.78 is 0. The molecule has 1 rings (SSSR count). The fourth-order valence-corrected chi connectivity index (χ4v) is 1.35. The standard InChI is InChI=1S/C6H6O3S/c1-4-2-5(10-3-4)6(7)9-8/h2-3,8H,1H3. The minimum atomic E-state index is -0.696. The Balaban J connectivity index is 2.85. The SMILES string of the molecule is Cc1csc(C(=O)OO)c1. The van der Waals surface area contributed by atoms with Crippen molar-refractivity contribution < 1.29 is 14.9 Å². The quantitative estimate of drug-likeness (QED) is 0.499. The second-order valence-corrected chi connectivity index (χ2v) is 2.78. The van der Waals surface area contributed by atoms with E-state index >= 15 is 0 Å². The van der Waals surface area contributed by atoms with Gasteiger partial charge >= 0.3 is 5.97 Å². The second kappa shape index (κ2) is 2.81. The van der Waals surface area contributed by atoms with Crippen LogP contribution in [0.5, 0.6) is 0 Å². The van der Waals surface area contributed by atoms with E-state index < -0.39 is 5.97 Å². The van der Waals surface area contributed by atoms with E-state index in [2.05, 4.69) is 4.89 Å². The van der Waals surface area contributed by atoms with E-state index in [1.165, 1.54) is 11.3 Å². The Hall–Kier alpha value is -0.870. The highest BCUT2D eigenvalue weighted by Gasteiger charge is 2.07. The van der Waals surface area contributed by atoms with Gasteiger partial charge in [0.25, 0.3) is 0 Å². The van der Waals surface area contributed by atoms with Gasteiger partial charge in [0.1, 0.15) is 4.88 Å². The van der Waals surface area contributed by atoms with Crippen LogP contribution >= 0.6 is 11.3 Å². The van der Waals surface area contributed by atoms with E-state index in [0.29, 0.717) is 4.88 Å². The molecule has 0 fully saturated rings. The van der Waals surface area contributed by atoms with Crippen LogP contribution in [0.4, 0.5) is 0 Å². The Morgan fingerprint density at radius 1 is 1.80 bits per heavy atom. The number of hydrogen-bond acceptors (Lipinski definition) is 4. The van der Waals surface area contributed by atoms with E-state index in [0.717, 1.165) is 5.56 Å². The van der Waals surface area contributed by atoms with Crippen LogP contribution in [0, 0.1) is 6.92 Å². The molecule has 1 aromatic rings. The lowest BCUT2D eigenvalue weighted by Crippen LogP contribution is -1.97. The molecule has 0 amide bonds. The zero-order valence-corrected chi connectivity index (χ0v) is 6.14. The summed E-state index contributed by atoms with van der Waals surface area (Å²) in [5.74, 6) is -0.696. The van der Waals surface area contributed by atoms with Gasteiger partial charge in [-0.15, -0.1) is 11.3 Å². The monoisotopic (exact) mass is 158 g/mol. The van der Waals surface area contributed by atoms with Gasteiger partial charge in [-0.25, -0.2) is 4.79 Å². The van der Waals surface area contributed by atoms with Crippen molar-refractivity contribution in [2.45, 2.75) is 6.92 Å². The van der Waals surface area contributed by atoms with Crippen LogP contribution in [0.3, 0.4) is 0 Å². The second-order valence-electron chi connectivity index (χ2n) is 1.87. The third kappa shape index (κ3) is 1.34. The Kier molecular flexibility index (Phi) is 2.03. The maximum atomic E-state index is 10.6. The summed E-state index contributed by atoms with van der Waals surface area (Å²) in [5.41, 5.74) is 0.991. The molecule has 54 valence electrons. The summed E-state index contributed by atoms with van der Waals surface area (Å²) in [6, 6.07) is 1.66. The fraction of sp³-hybridized carbons (Fsp3) is 0.167. The van der Waals surface area contributed by atoms with Crippen molar-refractivity contribution in [3.63, 3.8) is 0 Å². The molecule has 0 unspecified atom stereocenters. The van der Waals surface area contributed by atoms with Crippen molar-refractivity contribution in [2.75, 3.05) is 0 Å². The summed E-state index contributed by atoms with van der Waals surface area (Å²) >= 11 is 1.25. The first-order valence-corrected chi connectivity index (χ1v) is 3.53. The highest BCUT2D eigenvalue weighted by molar-refractivity contribution is 7.12. The van der Waals surface area contributed by atoms with Gasteiger partial charge in [0, 0.05) is 0 Å². The molecule has 0 saturated carbocycles. The first-order valence-electron chi connectivity index (χ1n) is 2.65. The number of thiophene rings is 1. The topological polar surface area (TPSA) is 46.5 Å². The van der Waals surface area contributed by atoms with E-state index in [9.17, 15) is 4.79 Å². The fourth-order valence-electron chi connectivity index (χ4n) is 0.583. The molecule has 1 heterocycles. The van der Waals surface area contributed by atoms with E-state index in [1.807, 2.05) is 12.3 Å². The van der Waals surface area contributed by atoms with Crippen molar-refractivity contribution in [1.29, 1.82) is 0 Å². The molecule has 1 aromatic heterocycles. The van der Waals surface area contributed by atoms with Gasteiger partial charge in [-0.3, -0.25) is 4.89 Å². The predicted octanol–water partition coefficient (Wildman–Crippen LogP) is 1.69. The first kappa shape index (κ1) is 7.24. The summed E-state index contributed by atoms with van der Waals surface area (Å²) in [6.07, 6.45) is 0. The van der Waals surface area contributed by atoms with Crippen LogP contribution in [0.1, 0.15) is 15.2 Å². The number of carbonyl (C=O) groups is 1. The summed E-state index contributed by atoms with van der Waals surface area (Å²) in [5, 5.41) is 9.77. The van der Waals surface area contributed by atoms with Gasteiger partial charge < -0.3 is 0 Å². The van der Waals surface area contributed by atoms with Gasteiger partial charge in [0.15, 0.2) is 0 Å². The molecule has 4 heteroatoms. The van der Waals surface area contributed by atoms with Gasteiger partial charge in [-0.2, -0.15) is 5.26 Å². The highest BCUT2D eigenvalue weighted by atomic mass is 32.1. The lowest BCUT2D eigenvalue weighted by atomic mass is 10.3. The van der Waals surface area contributed by atoms with Crippen LogP contribution in [0.15, 0.2) is 11.4 Å². The molecular formula is C6H6O3S. The minimum Gasteiger partial charge on any atom is -0.295 e. The van der Waals surface area contributed by atoms with Crippen LogP contribution in [0.2, 0.25) is 0 Å². The molecule has 0 saturated heterocycles. The van der Waals surface area contributed by atoms with Crippen LogP contribution < -0.4 is 0 Å². The molecular weight excluding hydrogens is 152 g/mol. The Morgan fingerprint density at radius 3 is 2.90 bits per heavy atom. The minimum absolute atomic E-state index is 0.417. The van der Waals surface area contributed by atoms with Crippen LogP contribution in [0.25, 0.3) is 0 Å². The Bertz CT molecular complexity index is 241. The van der Waals surface area contributed by atoms with Crippen LogP contribution in [-0.2, 0) is 4.89 Å². The summed E-state index contributed by atoms with van der Waals surface area (Å²) in [4.78, 5) is 14.5. The maximum Gasteiger partial charge on any atom is 0.382 e. The summed E-state index contributed by atoms with van der Waals surface area (Å²) in [6.45, 7) is 1.87. The molecule has 0 radical (unpaired) electrons. The molecule has 3 nitrogen and oxygen atoms in total. The predicted molar refractivity (Wildman–Crippen MR) is 37.1 cm³/mol. The zero-order valence-electron chi connectivity index (χ0n) is 5.33. The average molecular weight is 158 g/mol. The summed E-state index contributed by atoms with van der Waals surface area (Å²) in [7, 11) is 0. The molecule has 0 atom stereocenters. The van der Waals surface area contributed by atoms with E-state index in [4.69, 9.17) is 5.26 Å². The molecule has 10 heavy (non-hydrogen) atoms. The van der Waals surface area contributed by atoms with Gasteiger partial charge in [-0.1, -0.05) is 0 Å². The lowest BCUT2D eigenvalue weighted by molar-refractivity contribution is -0.182. The van der Waals surface area contributed by atoms with E-state index in [1.54, 1.807) is 6.07 Å². The molecule has 0 aliphatic rings. The van der Waals surface area contributed by atoms with Crippen molar-refractivity contribution in [1.82, 2.24) is 0 Å². The third-order valence-electron chi connectivity index (χ3n) is 1.01. The highest BCUT2D eigenvalue weighted by Crippen LogP contribution is 2.13. The number of hydrogen-bond donors (Lipinski definition) is 1. The molecule has 0 aliphatic carbocycles. The smallest absolute Gasteiger partial charge is 0.295 e. The van der Waals surface area contributed by atoms with E-state index in [-0.39, 0.29) is 0 Å². The van der Waals surface area contributed by atoms with Crippen molar-refractivity contribution in [3.05, 3.63) is 21.9 Å². The molecule has 0 aromatic carbocycles. The molecule has 1 N–H and O–H groups in total. The normalized spacial score (nSPS) is 9.40. The number of aryl methyl sites for hydroxylation is 1. The number of carbonyl (C=O) groups excluding carboxylic acids is 1. The van der Waals surface area contributed by atoms with Crippen molar-refractivity contribution >= 4 is 17.3 Å². The number of rotatable bonds is 1. The van der Waals surface area contributed by atoms with Crippen LogP contribution in [-0.4, -0.2) is 11.2 Å². The Morgan fingerprint density at radius 2 is 2.50 bits per heavy atom. The Labute approximate surface area is 61.8 Å². The third-order valence-corrected chi connectivity index (χ3v) is 2.04. The lowest BCUT2D eigenvalue weighted by Gasteiger charge is -1.87. The zero-order chi connectivity index (χ0) is 7.56. The molecule has 0 bridgehead atoms.